The van der Waals surface area contributed by atoms with E-state index in [-0.39, 0.29) is 0 Å². The second-order valence-electron chi connectivity index (χ2n) is 2.81. The minimum absolute atomic E-state index is 1.21. The van der Waals surface area contributed by atoms with Crippen molar-refractivity contribution in [3.8, 4) is 0 Å². The molecule has 0 spiro atoms. The molecule has 104 valence electrons. The first kappa shape index (κ1) is 34.0. The van der Waals surface area contributed by atoms with Gasteiger partial charge in [0.05, 0.1) is 0 Å². The Kier molecular flexibility index (Phi) is 60.8. The summed E-state index contributed by atoms with van der Waals surface area (Å²) in [5, 5.41) is 4.83. The molecule has 0 heterocycles. The van der Waals surface area contributed by atoms with Gasteiger partial charge in [0.25, 0.3) is 0 Å². The first-order valence-corrected chi connectivity index (χ1v) is 16.1. The van der Waals surface area contributed by atoms with E-state index in [1.165, 1.54) is 93.3 Å². The second kappa shape index (κ2) is 37.6. The molecule has 9 heteroatoms. The summed E-state index contributed by atoms with van der Waals surface area (Å²) in [6.45, 7) is 14.0. The predicted octanol–water partition coefficient (Wildman–Crippen LogP) is -0.587. The third-order valence-corrected chi connectivity index (χ3v) is 4.24. The first-order valence-electron chi connectivity index (χ1n) is 6.08. The van der Waals surface area contributed by atoms with Gasteiger partial charge in [-0.15, -0.1) is 0 Å². The van der Waals surface area contributed by atoms with Crippen LogP contribution in [0.5, 0.6) is 0 Å². The molecular weight excluding hydrogens is 498 g/mol. The van der Waals surface area contributed by atoms with E-state index < -0.39 is 9.05 Å². The maximum atomic E-state index is 8.58. The maximum absolute atomic E-state index is 8.58. The van der Waals surface area contributed by atoms with E-state index in [2.05, 4.69) is 26.3 Å². The molecule has 0 fully saturated rings. The van der Waals surface area contributed by atoms with Gasteiger partial charge in [-0.2, -0.15) is 0 Å². The number of hydrogen-bond donors (Lipinski definition) is 0. The molecule has 0 aliphatic rings. The van der Waals surface area contributed by atoms with Crippen LogP contribution in [0.4, 0.5) is 0 Å². The van der Waals surface area contributed by atoms with Crippen molar-refractivity contribution in [2.24, 2.45) is 0 Å². The molecular formula is C12H20O4SiZn4. The van der Waals surface area contributed by atoms with E-state index in [1.807, 2.05) is 24.3 Å². The molecule has 21 heavy (non-hydrogen) atoms. The van der Waals surface area contributed by atoms with Gasteiger partial charge in [0.2, 0.25) is 0 Å². The summed E-state index contributed by atoms with van der Waals surface area (Å²) in [6.07, 6.45) is 7.72. The minimum atomic E-state index is -5.61. The van der Waals surface area contributed by atoms with Gasteiger partial charge in [0.1, 0.15) is 0 Å². The fourth-order valence-electron chi connectivity index (χ4n) is 0. The molecule has 0 unspecified atom stereocenters. The fourth-order valence-corrected chi connectivity index (χ4v) is 0. The zero-order valence-corrected chi connectivity index (χ0v) is 25.8. The summed E-state index contributed by atoms with van der Waals surface area (Å²) >= 11 is 5.40. The van der Waals surface area contributed by atoms with Gasteiger partial charge in [-0.05, 0) is 0 Å². The predicted molar refractivity (Wildman–Crippen MR) is 65.8 cm³/mol. The van der Waals surface area contributed by atoms with Crippen molar-refractivity contribution < 1.29 is 92.4 Å². The maximum Gasteiger partial charge on any atom is -0.426 e. The molecule has 0 atom stereocenters. The Balaban J connectivity index is -0.0000000510. The van der Waals surface area contributed by atoms with Gasteiger partial charge in [-0.1, -0.05) is 0 Å². The van der Waals surface area contributed by atoms with Crippen LogP contribution in [0, 0.1) is 0 Å². The second-order valence-corrected chi connectivity index (χ2v) is 8.65. The third-order valence-electron chi connectivity index (χ3n) is 0.816. The Morgan fingerprint density at radius 2 is 0.619 bits per heavy atom. The van der Waals surface area contributed by atoms with Crippen molar-refractivity contribution in [2.45, 2.75) is 20.1 Å². The van der Waals surface area contributed by atoms with E-state index in [0.29, 0.717) is 0 Å². The van der Waals surface area contributed by atoms with Crippen LogP contribution in [0.1, 0.15) is 0 Å². The number of rotatable bonds is 4. The van der Waals surface area contributed by atoms with Crippen molar-refractivity contribution >= 4 is 9.05 Å². The monoisotopic (exact) mass is 512 g/mol. The largest absolute Gasteiger partial charge is 0.894 e. The SMILES string of the molecule is C=C[CH2][Zn+].C=C[CH2][Zn+].C=C[CH2][Zn+].C=C[CH2][Zn+].[O-][Si]([O-])([O-])[O-]. The van der Waals surface area contributed by atoms with E-state index in [9.17, 15) is 0 Å². The Hall–Kier alpha value is 1.51. The molecule has 4 nitrogen and oxygen atoms in total. The normalized spacial score (nSPS) is 7.81. The molecule has 0 amide bonds. The molecule has 0 saturated carbocycles. The van der Waals surface area contributed by atoms with E-state index in [0.717, 1.165) is 0 Å². The average Bonchev–Trinajstić information content (AvgIpc) is 2.45. The molecule has 0 N–H and O–H groups in total. The van der Waals surface area contributed by atoms with Crippen molar-refractivity contribution in [2.75, 3.05) is 0 Å². The van der Waals surface area contributed by atoms with Crippen LogP contribution in [0.25, 0.3) is 0 Å². The van der Waals surface area contributed by atoms with Crippen LogP contribution < -0.4 is 19.2 Å². The number of allylic oxidation sites excluding steroid dienone is 4. The standard InChI is InChI=1S/4C3H5.O4Si.4Zn/c4*1-3-2;1-5(2,3)4;;;;/h4*3H,1-2H2;;;;;/q;;;;-4;4*+1. The van der Waals surface area contributed by atoms with Crippen LogP contribution in [-0.2, 0) is 73.2 Å². The van der Waals surface area contributed by atoms with Gasteiger partial charge >= 0.3 is 144 Å². The third kappa shape index (κ3) is 270. The Morgan fingerprint density at radius 1 is 0.571 bits per heavy atom. The van der Waals surface area contributed by atoms with Gasteiger partial charge in [-0.25, -0.2) is 0 Å². The zero-order valence-electron chi connectivity index (χ0n) is 12.9. The topological polar surface area (TPSA) is 92.2 Å². The Morgan fingerprint density at radius 3 is 0.619 bits per heavy atom. The van der Waals surface area contributed by atoms with Crippen LogP contribution in [-0.4, -0.2) is 9.05 Å². The molecule has 0 rings (SSSR count). The number of hydrogen-bond acceptors (Lipinski definition) is 4. The molecule has 0 radical (unpaired) electrons. The quantitative estimate of drug-likeness (QED) is 0.368. The molecule has 0 aromatic carbocycles. The summed E-state index contributed by atoms with van der Waals surface area (Å²) in [4.78, 5) is 34.3. The van der Waals surface area contributed by atoms with E-state index in [4.69, 9.17) is 19.2 Å². The van der Waals surface area contributed by atoms with Crippen LogP contribution in [0.15, 0.2) is 50.6 Å². The summed E-state index contributed by atoms with van der Waals surface area (Å²) in [6, 6.07) is 0. The molecule has 0 aromatic heterocycles. The van der Waals surface area contributed by atoms with E-state index in [1.54, 1.807) is 0 Å². The average molecular weight is 518 g/mol. The summed E-state index contributed by atoms with van der Waals surface area (Å²) in [5.74, 6) is 0. The molecule has 0 aromatic rings. The van der Waals surface area contributed by atoms with E-state index >= 15 is 0 Å². The van der Waals surface area contributed by atoms with Crippen LogP contribution in [0.2, 0.25) is 20.1 Å². The summed E-state index contributed by atoms with van der Waals surface area (Å²) < 4.78 is 0. The zero-order chi connectivity index (χ0) is 18.2. The molecule has 0 bridgehead atoms. The molecule has 0 aliphatic heterocycles. The molecule has 0 aliphatic carbocycles. The fraction of sp³-hybridized carbons (Fsp3) is 0.333. The van der Waals surface area contributed by atoms with Gasteiger partial charge in [-0.3, -0.25) is 0 Å². The van der Waals surface area contributed by atoms with Crippen molar-refractivity contribution in [1.82, 2.24) is 0 Å². The van der Waals surface area contributed by atoms with Gasteiger partial charge in [0.15, 0.2) is 0 Å². The van der Waals surface area contributed by atoms with Crippen LogP contribution >= 0.6 is 0 Å². The minimum Gasteiger partial charge on any atom is -0.894 e. The smallest absolute Gasteiger partial charge is 0.426 e. The van der Waals surface area contributed by atoms with Crippen molar-refractivity contribution in [3.63, 3.8) is 0 Å². The van der Waals surface area contributed by atoms with Gasteiger partial charge in [0, 0.05) is 0 Å². The first-order chi connectivity index (χ1) is 9.66. The van der Waals surface area contributed by atoms with Crippen molar-refractivity contribution in [3.05, 3.63) is 50.6 Å². The van der Waals surface area contributed by atoms with Gasteiger partial charge < -0.3 is 28.2 Å². The molecule has 0 saturated heterocycles. The Bertz CT molecular complexity index is 174. The summed E-state index contributed by atoms with van der Waals surface area (Å²) in [5.41, 5.74) is 0. The van der Waals surface area contributed by atoms with Crippen molar-refractivity contribution in [1.29, 1.82) is 0 Å². The summed E-state index contributed by atoms with van der Waals surface area (Å²) in [7, 11) is -5.61. The Labute approximate surface area is 170 Å². The van der Waals surface area contributed by atoms with Crippen LogP contribution in [0.3, 0.4) is 0 Å².